The molecule has 0 saturated heterocycles. The predicted molar refractivity (Wildman–Crippen MR) is 115 cm³/mol. The van der Waals surface area contributed by atoms with Crippen LogP contribution >= 0.6 is 0 Å². The van der Waals surface area contributed by atoms with Gasteiger partial charge in [-0.1, -0.05) is 12.1 Å². The lowest BCUT2D eigenvalue weighted by Gasteiger charge is -2.10. The number of fused-ring (bicyclic) bond motifs is 1. The molecule has 0 unspecified atom stereocenters. The molecule has 0 aliphatic rings. The van der Waals surface area contributed by atoms with Gasteiger partial charge in [-0.15, -0.1) is 0 Å². The molecule has 0 saturated carbocycles. The van der Waals surface area contributed by atoms with Crippen LogP contribution < -0.4 is 10.3 Å². The second-order valence-electron chi connectivity index (χ2n) is 6.99. The second kappa shape index (κ2) is 8.85. The Morgan fingerprint density at radius 3 is 2.50 bits per heavy atom. The van der Waals surface area contributed by atoms with Crippen LogP contribution in [0.25, 0.3) is 16.7 Å². The molecular formula is C22H18FN3O5S. The van der Waals surface area contributed by atoms with Crippen LogP contribution in [0.15, 0.2) is 71.8 Å². The Balaban J connectivity index is 1.51. The van der Waals surface area contributed by atoms with Crippen molar-refractivity contribution in [3.8, 4) is 11.4 Å². The highest BCUT2D eigenvalue weighted by molar-refractivity contribution is 7.85. The van der Waals surface area contributed by atoms with Crippen LogP contribution in [0.2, 0.25) is 0 Å². The molecule has 0 amide bonds. The standard InChI is InChI=1S/C22H18FN3O5S/c1-32(28,29)31-14-17-12-24-21-10-18(6-7-20(21)25-17)26-9-8-19(11-22(26)27)30-13-15-2-4-16(23)5-3-15/h2-12H,13-14H2,1H3. The van der Waals surface area contributed by atoms with Gasteiger partial charge < -0.3 is 4.74 Å². The van der Waals surface area contributed by atoms with Crippen LogP contribution in [0, 0.1) is 5.82 Å². The van der Waals surface area contributed by atoms with Crippen LogP contribution in [0.4, 0.5) is 4.39 Å². The van der Waals surface area contributed by atoms with Crippen molar-refractivity contribution >= 4 is 21.2 Å². The minimum Gasteiger partial charge on any atom is -0.489 e. The molecule has 10 heteroatoms. The zero-order valence-electron chi connectivity index (χ0n) is 16.9. The first kappa shape index (κ1) is 21.6. The molecule has 0 radical (unpaired) electrons. The predicted octanol–water partition coefficient (Wildman–Crippen LogP) is 2.98. The summed E-state index contributed by atoms with van der Waals surface area (Å²) in [6.45, 7) is 0.00302. The van der Waals surface area contributed by atoms with Crippen molar-refractivity contribution in [2.24, 2.45) is 0 Å². The van der Waals surface area contributed by atoms with E-state index in [9.17, 15) is 17.6 Å². The van der Waals surface area contributed by atoms with E-state index in [4.69, 9.17) is 8.92 Å². The molecule has 2 aromatic heterocycles. The number of hydrogen-bond donors (Lipinski definition) is 0. The van der Waals surface area contributed by atoms with E-state index in [1.165, 1.54) is 29.0 Å². The quantitative estimate of drug-likeness (QED) is 0.395. The zero-order chi connectivity index (χ0) is 22.7. The maximum absolute atomic E-state index is 13.0. The van der Waals surface area contributed by atoms with Gasteiger partial charge in [-0.3, -0.25) is 18.5 Å². The van der Waals surface area contributed by atoms with Gasteiger partial charge in [-0.25, -0.2) is 9.37 Å². The fourth-order valence-electron chi connectivity index (χ4n) is 2.94. The third kappa shape index (κ3) is 5.34. The van der Waals surface area contributed by atoms with E-state index >= 15 is 0 Å². The maximum atomic E-state index is 13.0. The zero-order valence-corrected chi connectivity index (χ0v) is 17.8. The Morgan fingerprint density at radius 2 is 1.78 bits per heavy atom. The molecule has 0 aliphatic carbocycles. The Bertz CT molecular complexity index is 1440. The summed E-state index contributed by atoms with van der Waals surface area (Å²) in [6, 6.07) is 14.0. The molecule has 0 atom stereocenters. The summed E-state index contributed by atoms with van der Waals surface area (Å²) in [5, 5.41) is 0. The van der Waals surface area contributed by atoms with E-state index in [0.29, 0.717) is 28.2 Å². The van der Waals surface area contributed by atoms with Crippen LogP contribution in [0.3, 0.4) is 0 Å². The number of nitrogens with zero attached hydrogens (tertiary/aromatic N) is 3. The largest absolute Gasteiger partial charge is 0.489 e. The third-order valence-electron chi connectivity index (χ3n) is 4.48. The molecule has 2 aromatic carbocycles. The summed E-state index contributed by atoms with van der Waals surface area (Å²) in [7, 11) is -3.58. The number of ether oxygens (including phenoxy) is 1. The molecule has 0 aliphatic heterocycles. The summed E-state index contributed by atoms with van der Waals surface area (Å²) >= 11 is 0. The molecule has 164 valence electrons. The monoisotopic (exact) mass is 455 g/mol. The van der Waals surface area contributed by atoms with Crippen molar-refractivity contribution in [1.82, 2.24) is 14.5 Å². The maximum Gasteiger partial charge on any atom is 0.264 e. The highest BCUT2D eigenvalue weighted by Crippen LogP contribution is 2.17. The summed E-state index contributed by atoms with van der Waals surface area (Å²) in [5.74, 6) is 0.0709. The Hall–Kier alpha value is -3.63. The number of rotatable bonds is 7. The van der Waals surface area contributed by atoms with E-state index in [-0.39, 0.29) is 24.6 Å². The third-order valence-corrected chi connectivity index (χ3v) is 5.03. The topological polar surface area (TPSA) is 100 Å². The normalized spacial score (nSPS) is 11.6. The van der Waals surface area contributed by atoms with Crippen LogP contribution in [0.1, 0.15) is 11.3 Å². The molecule has 0 fully saturated rings. The minimum atomic E-state index is -3.58. The number of hydrogen-bond acceptors (Lipinski definition) is 7. The second-order valence-corrected chi connectivity index (χ2v) is 8.63. The Kier molecular flexibility index (Phi) is 5.97. The van der Waals surface area contributed by atoms with Gasteiger partial charge in [0, 0.05) is 12.3 Å². The first-order valence-corrected chi connectivity index (χ1v) is 11.3. The van der Waals surface area contributed by atoms with Crippen LogP contribution in [-0.2, 0) is 27.5 Å². The lowest BCUT2D eigenvalue weighted by Crippen LogP contribution is -2.16. The smallest absolute Gasteiger partial charge is 0.264 e. The Morgan fingerprint density at radius 1 is 1.00 bits per heavy atom. The summed E-state index contributed by atoms with van der Waals surface area (Å²) in [4.78, 5) is 21.2. The molecule has 32 heavy (non-hydrogen) atoms. The van der Waals surface area contributed by atoms with Crippen LogP contribution in [0.5, 0.6) is 5.75 Å². The van der Waals surface area contributed by atoms with Crippen molar-refractivity contribution < 1.29 is 21.7 Å². The van der Waals surface area contributed by atoms with Crippen molar-refractivity contribution in [3.05, 3.63) is 94.4 Å². The summed E-state index contributed by atoms with van der Waals surface area (Å²) in [5.41, 5.74) is 2.51. The lowest BCUT2D eigenvalue weighted by molar-refractivity contribution is 0.305. The molecule has 0 bridgehead atoms. The molecule has 0 spiro atoms. The SMILES string of the molecule is CS(=O)(=O)OCc1cnc2cc(-n3ccc(OCc4ccc(F)cc4)cc3=O)ccc2n1. The average Bonchev–Trinajstić information content (AvgIpc) is 2.76. The van der Waals surface area contributed by atoms with Crippen molar-refractivity contribution in [3.63, 3.8) is 0 Å². The fraction of sp³-hybridized carbons (Fsp3) is 0.136. The Labute approximate surface area is 183 Å². The molecule has 4 rings (SSSR count). The average molecular weight is 455 g/mol. The molecular weight excluding hydrogens is 437 g/mol. The molecule has 2 heterocycles. The number of benzene rings is 2. The van der Waals surface area contributed by atoms with Gasteiger partial charge >= 0.3 is 0 Å². The van der Waals surface area contributed by atoms with Gasteiger partial charge in [0.1, 0.15) is 24.8 Å². The van der Waals surface area contributed by atoms with Gasteiger partial charge in [0.15, 0.2) is 0 Å². The van der Waals surface area contributed by atoms with Crippen molar-refractivity contribution in [2.45, 2.75) is 13.2 Å². The summed E-state index contributed by atoms with van der Waals surface area (Å²) in [6.07, 6.45) is 3.97. The number of halogens is 1. The number of aromatic nitrogens is 3. The van der Waals surface area contributed by atoms with Gasteiger partial charge in [0.25, 0.3) is 15.7 Å². The molecule has 4 aromatic rings. The van der Waals surface area contributed by atoms with Gasteiger partial charge in [-0.2, -0.15) is 8.42 Å². The highest BCUT2D eigenvalue weighted by Gasteiger charge is 2.08. The van der Waals surface area contributed by atoms with Gasteiger partial charge in [-0.05, 0) is 42.0 Å². The van der Waals surface area contributed by atoms with Crippen molar-refractivity contribution in [2.75, 3.05) is 6.26 Å². The summed E-state index contributed by atoms with van der Waals surface area (Å²) < 4.78 is 47.0. The first-order valence-electron chi connectivity index (χ1n) is 9.47. The lowest BCUT2D eigenvalue weighted by atomic mass is 10.2. The highest BCUT2D eigenvalue weighted by atomic mass is 32.2. The van der Waals surface area contributed by atoms with Crippen LogP contribution in [-0.4, -0.2) is 29.2 Å². The minimum absolute atomic E-state index is 0.206. The van der Waals surface area contributed by atoms with Gasteiger partial charge in [0.2, 0.25) is 0 Å². The van der Waals surface area contributed by atoms with E-state index < -0.39 is 10.1 Å². The van der Waals surface area contributed by atoms with E-state index in [1.54, 1.807) is 42.6 Å². The number of pyridine rings is 1. The fourth-order valence-corrected chi connectivity index (χ4v) is 3.27. The molecule has 0 N–H and O–H groups in total. The van der Waals surface area contributed by atoms with Crippen molar-refractivity contribution in [1.29, 1.82) is 0 Å². The van der Waals surface area contributed by atoms with E-state index in [0.717, 1.165) is 11.8 Å². The van der Waals surface area contributed by atoms with E-state index in [2.05, 4.69) is 9.97 Å². The first-order chi connectivity index (χ1) is 15.3. The molecule has 8 nitrogen and oxygen atoms in total. The van der Waals surface area contributed by atoms with E-state index in [1.807, 2.05) is 0 Å². The van der Waals surface area contributed by atoms with Gasteiger partial charge in [0.05, 0.1) is 34.9 Å².